The summed E-state index contributed by atoms with van der Waals surface area (Å²) in [4.78, 5) is 24.7. The second-order valence-electron chi connectivity index (χ2n) is 6.62. The molecule has 0 bridgehead atoms. The molecule has 1 aromatic heterocycles. The van der Waals surface area contributed by atoms with E-state index >= 15 is 0 Å². The van der Waals surface area contributed by atoms with Gasteiger partial charge in [-0.25, -0.2) is 0 Å². The zero-order valence-electron chi connectivity index (χ0n) is 14.6. The van der Waals surface area contributed by atoms with Crippen LogP contribution in [0.1, 0.15) is 18.4 Å². The summed E-state index contributed by atoms with van der Waals surface area (Å²) < 4.78 is 6.88. The predicted octanol–water partition coefficient (Wildman–Crippen LogP) is 1.07. The van der Waals surface area contributed by atoms with Crippen molar-refractivity contribution in [3.8, 4) is 0 Å². The second kappa shape index (κ2) is 8.29. The molecule has 1 fully saturated rings. The van der Waals surface area contributed by atoms with Gasteiger partial charge in [0, 0.05) is 32.0 Å². The molecular formula is C20H24N2O4. The lowest BCUT2D eigenvalue weighted by molar-refractivity contribution is -0.131. The molecule has 1 aromatic carbocycles. The Bertz CT molecular complexity index is 782. The normalized spacial score (nSPS) is 17.4. The molecule has 1 amide bonds. The van der Waals surface area contributed by atoms with E-state index in [0.29, 0.717) is 26.1 Å². The SMILES string of the molecule is O=C(NCC(O)Cn1ccccc1=O)C1(c2ccccc2)CCOCC1. The summed E-state index contributed by atoms with van der Waals surface area (Å²) in [6.07, 6.45) is 2.00. The number of benzene rings is 1. The van der Waals surface area contributed by atoms with E-state index in [1.165, 1.54) is 10.6 Å². The molecule has 0 aliphatic carbocycles. The highest BCUT2D eigenvalue weighted by molar-refractivity contribution is 5.88. The monoisotopic (exact) mass is 356 g/mol. The number of ether oxygens (including phenoxy) is 1. The van der Waals surface area contributed by atoms with E-state index in [9.17, 15) is 14.7 Å². The van der Waals surface area contributed by atoms with Crippen LogP contribution in [0.3, 0.4) is 0 Å². The highest BCUT2D eigenvalue weighted by atomic mass is 16.5. The largest absolute Gasteiger partial charge is 0.389 e. The minimum atomic E-state index is -0.841. The number of nitrogens with one attached hydrogen (secondary N) is 1. The van der Waals surface area contributed by atoms with Crippen LogP contribution in [0.25, 0.3) is 0 Å². The summed E-state index contributed by atoms with van der Waals surface area (Å²) >= 11 is 0. The van der Waals surface area contributed by atoms with E-state index in [4.69, 9.17) is 4.74 Å². The van der Waals surface area contributed by atoms with Crippen molar-refractivity contribution < 1.29 is 14.6 Å². The van der Waals surface area contributed by atoms with Crippen LogP contribution in [0, 0.1) is 0 Å². The number of carbonyl (C=O) groups excluding carboxylic acids is 1. The van der Waals surface area contributed by atoms with Gasteiger partial charge in [0.05, 0.1) is 18.1 Å². The minimum Gasteiger partial charge on any atom is -0.389 e. The molecule has 26 heavy (non-hydrogen) atoms. The van der Waals surface area contributed by atoms with Crippen molar-refractivity contribution >= 4 is 5.91 Å². The zero-order chi connectivity index (χ0) is 18.4. The predicted molar refractivity (Wildman–Crippen MR) is 97.9 cm³/mol. The summed E-state index contributed by atoms with van der Waals surface area (Å²) in [6.45, 7) is 1.30. The summed E-state index contributed by atoms with van der Waals surface area (Å²) in [5.41, 5.74) is 0.153. The van der Waals surface area contributed by atoms with E-state index in [1.807, 2.05) is 30.3 Å². The quantitative estimate of drug-likeness (QED) is 0.811. The van der Waals surface area contributed by atoms with Crippen LogP contribution in [-0.2, 0) is 21.5 Å². The van der Waals surface area contributed by atoms with Crippen molar-refractivity contribution in [2.45, 2.75) is 30.9 Å². The lowest BCUT2D eigenvalue weighted by Crippen LogP contribution is -2.50. The third kappa shape index (κ3) is 4.03. The number of rotatable bonds is 6. The lowest BCUT2D eigenvalue weighted by atomic mass is 9.73. The maximum Gasteiger partial charge on any atom is 0.250 e. The highest BCUT2D eigenvalue weighted by Crippen LogP contribution is 2.35. The number of aromatic nitrogens is 1. The van der Waals surface area contributed by atoms with Gasteiger partial charge in [0.25, 0.3) is 5.56 Å². The molecule has 1 unspecified atom stereocenters. The Morgan fingerprint density at radius 3 is 2.54 bits per heavy atom. The van der Waals surface area contributed by atoms with E-state index in [2.05, 4.69) is 5.32 Å². The number of hydrogen-bond donors (Lipinski definition) is 2. The molecule has 1 atom stereocenters. The van der Waals surface area contributed by atoms with Crippen molar-refractivity contribution in [3.63, 3.8) is 0 Å². The lowest BCUT2D eigenvalue weighted by Gasteiger charge is -2.36. The fourth-order valence-corrected chi connectivity index (χ4v) is 3.41. The average molecular weight is 356 g/mol. The molecule has 1 aliphatic heterocycles. The van der Waals surface area contributed by atoms with Gasteiger partial charge >= 0.3 is 0 Å². The number of pyridine rings is 1. The van der Waals surface area contributed by atoms with Crippen LogP contribution in [0.5, 0.6) is 0 Å². The molecule has 3 rings (SSSR count). The molecule has 2 aromatic rings. The van der Waals surface area contributed by atoms with Gasteiger partial charge < -0.3 is 19.7 Å². The maximum absolute atomic E-state index is 13.0. The molecule has 2 N–H and O–H groups in total. The molecule has 0 saturated carbocycles. The van der Waals surface area contributed by atoms with E-state index in [0.717, 1.165) is 5.56 Å². The Hall–Kier alpha value is -2.44. The Labute approximate surface area is 152 Å². The number of hydrogen-bond acceptors (Lipinski definition) is 4. The highest BCUT2D eigenvalue weighted by Gasteiger charge is 2.41. The minimum absolute atomic E-state index is 0.0929. The molecule has 0 spiro atoms. The van der Waals surface area contributed by atoms with Gasteiger partial charge in [-0.05, 0) is 24.5 Å². The van der Waals surface area contributed by atoms with Crippen molar-refractivity contribution in [1.29, 1.82) is 0 Å². The third-order valence-electron chi connectivity index (χ3n) is 4.91. The molecule has 6 nitrogen and oxygen atoms in total. The summed E-state index contributed by atoms with van der Waals surface area (Å²) in [5.74, 6) is -0.105. The Balaban J connectivity index is 1.67. The Morgan fingerprint density at radius 2 is 1.85 bits per heavy atom. The number of aliphatic hydroxyl groups is 1. The van der Waals surface area contributed by atoms with Crippen LogP contribution in [0.15, 0.2) is 59.5 Å². The van der Waals surface area contributed by atoms with Gasteiger partial charge in [-0.2, -0.15) is 0 Å². The van der Waals surface area contributed by atoms with Crippen LogP contribution < -0.4 is 10.9 Å². The Morgan fingerprint density at radius 1 is 1.15 bits per heavy atom. The number of nitrogens with zero attached hydrogens (tertiary/aromatic N) is 1. The molecule has 138 valence electrons. The second-order valence-corrected chi connectivity index (χ2v) is 6.62. The van der Waals surface area contributed by atoms with E-state index < -0.39 is 11.5 Å². The van der Waals surface area contributed by atoms with Gasteiger partial charge in [-0.1, -0.05) is 36.4 Å². The van der Waals surface area contributed by atoms with Gasteiger partial charge in [0.15, 0.2) is 0 Å². The average Bonchev–Trinajstić information content (AvgIpc) is 2.69. The van der Waals surface area contributed by atoms with Crippen molar-refractivity contribution in [2.24, 2.45) is 0 Å². The van der Waals surface area contributed by atoms with E-state index in [1.54, 1.807) is 18.3 Å². The first kappa shape index (κ1) is 18.4. The number of carbonyl (C=O) groups is 1. The van der Waals surface area contributed by atoms with Crippen molar-refractivity contribution in [3.05, 3.63) is 70.6 Å². The first-order chi connectivity index (χ1) is 12.6. The molecule has 2 heterocycles. The molecule has 6 heteroatoms. The van der Waals surface area contributed by atoms with E-state index in [-0.39, 0.29) is 24.6 Å². The first-order valence-electron chi connectivity index (χ1n) is 8.87. The first-order valence-corrected chi connectivity index (χ1v) is 8.87. The fourth-order valence-electron chi connectivity index (χ4n) is 3.41. The molecule has 0 radical (unpaired) electrons. The van der Waals surface area contributed by atoms with Crippen LogP contribution in [-0.4, -0.2) is 41.4 Å². The number of aliphatic hydroxyl groups excluding tert-OH is 1. The van der Waals surface area contributed by atoms with Crippen LogP contribution in [0.4, 0.5) is 0 Å². The topological polar surface area (TPSA) is 80.6 Å². The fraction of sp³-hybridized carbons (Fsp3) is 0.400. The summed E-state index contributed by atoms with van der Waals surface area (Å²) in [6, 6.07) is 14.5. The van der Waals surface area contributed by atoms with Crippen LogP contribution >= 0.6 is 0 Å². The Kier molecular flexibility index (Phi) is 5.85. The summed E-state index contributed by atoms with van der Waals surface area (Å²) in [5, 5.41) is 13.1. The number of amides is 1. The van der Waals surface area contributed by atoms with Crippen molar-refractivity contribution in [2.75, 3.05) is 19.8 Å². The van der Waals surface area contributed by atoms with Gasteiger partial charge in [-0.3, -0.25) is 9.59 Å². The van der Waals surface area contributed by atoms with Crippen molar-refractivity contribution in [1.82, 2.24) is 9.88 Å². The van der Waals surface area contributed by atoms with Gasteiger partial charge in [0.2, 0.25) is 5.91 Å². The summed E-state index contributed by atoms with van der Waals surface area (Å²) in [7, 11) is 0. The standard InChI is InChI=1S/C20H24N2O4/c23-17(15-22-11-5-4-8-18(22)24)14-21-19(25)20(9-12-26-13-10-20)16-6-2-1-3-7-16/h1-8,11,17,23H,9-10,12-15H2,(H,21,25). The zero-order valence-corrected chi connectivity index (χ0v) is 14.6. The van der Waals surface area contributed by atoms with Gasteiger partial charge in [-0.15, -0.1) is 0 Å². The third-order valence-corrected chi connectivity index (χ3v) is 4.91. The molecule has 1 aliphatic rings. The van der Waals surface area contributed by atoms with Crippen LogP contribution in [0.2, 0.25) is 0 Å². The van der Waals surface area contributed by atoms with Gasteiger partial charge in [0.1, 0.15) is 0 Å². The molecule has 1 saturated heterocycles. The molecular weight excluding hydrogens is 332 g/mol. The smallest absolute Gasteiger partial charge is 0.250 e. The maximum atomic E-state index is 13.0.